The molecule has 0 bridgehead atoms. The van der Waals surface area contributed by atoms with E-state index in [1.807, 2.05) is 37.3 Å². The van der Waals surface area contributed by atoms with Crippen LogP contribution < -0.4 is 25.0 Å². The summed E-state index contributed by atoms with van der Waals surface area (Å²) in [5.41, 5.74) is 2.99. The molecule has 0 spiro atoms. The predicted octanol–water partition coefficient (Wildman–Crippen LogP) is 4.05. The molecule has 2 N–H and O–H groups in total. The minimum Gasteiger partial charge on any atom is -0.497 e. The number of carbonyl (C=O) groups excluding carboxylic acids is 1. The van der Waals surface area contributed by atoms with Crippen LogP contribution in [-0.4, -0.2) is 39.4 Å². The van der Waals surface area contributed by atoms with Gasteiger partial charge in [-0.1, -0.05) is 6.07 Å². The molecule has 6 nitrogen and oxygen atoms in total. The lowest BCUT2D eigenvalue weighted by molar-refractivity contribution is 0.247. The van der Waals surface area contributed by atoms with E-state index in [1.165, 1.54) is 0 Å². The molecule has 0 saturated heterocycles. The van der Waals surface area contributed by atoms with Crippen molar-refractivity contribution in [1.29, 1.82) is 0 Å². The summed E-state index contributed by atoms with van der Waals surface area (Å²) in [5, 5.41) is 5.69. The molecule has 0 aliphatic heterocycles. The number of amides is 2. The molecule has 0 aromatic heterocycles. The maximum atomic E-state index is 12.1. The lowest BCUT2D eigenvalue weighted by Gasteiger charge is -2.22. The molecule has 0 aliphatic rings. The van der Waals surface area contributed by atoms with Gasteiger partial charge in [0.1, 0.15) is 18.1 Å². The predicted molar refractivity (Wildman–Crippen MR) is 110 cm³/mol. The molecule has 0 saturated carbocycles. The van der Waals surface area contributed by atoms with Gasteiger partial charge >= 0.3 is 6.03 Å². The van der Waals surface area contributed by atoms with E-state index in [0.29, 0.717) is 18.9 Å². The van der Waals surface area contributed by atoms with E-state index in [-0.39, 0.29) is 6.03 Å². The Labute approximate surface area is 161 Å². The summed E-state index contributed by atoms with van der Waals surface area (Å²) >= 11 is 0. The highest BCUT2D eigenvalue weighted by Gasteiger charge is 2.07. The molecule has 0 unspecified atom stereocenters. The number of nitrogens with one attached hydrogen (secondary N) is 2. The molecule has 0 aliphatic carbocycles. The molecular weight excluding hydrogens is 342 g/mol. The summed E-state index contributed by atoms with van der Waals surface area (Å²) in [6, 6.07) is 13.2. The van der Waals surface area contributed by atoms with Gasteiger partial charge in [0.2, 0.25) is 0 Å². The zero-order chi connectivity index (χ0) is 19.6. The number of nitrogens with zero attached hydrogens (tertiary/aromatic N) is 1. The SMILES string of the molecule is CCN(CC)c1ccc(NC(=O)NCCOc2cccc(OC)c2)c(C)c1. The monoisotopic (exact) mass is 371 g/mol. The molecule has 0 radical (unpaired) electrons. The van der Waals surface area contributed by atoms with E-state index in [4.69, 9.17) is 9.47 Å². The lowest BCUT2D eigenvalue weighted by Crippen LogP contribution is -2.32. The van der Waals surface area contributed by atoms with Crippen LogP contribution in [0.4, 0.5) is 16.2 Å². The second-order valence-corrected chi connectivity index (χ2v) is 6.08. The smallest absolute Gasteiger partial charge is 0.319 e. The summed E-state index contributed by atoms with van der Waals surface area (Å²) in [6.07, 6.45) is 0. The number of urea groups is 1. The Bertz CT molecular complexity index is 745. The number of rotatable bonds is 9. The third-order valence-electron chi connectivity index (χ3n) is 4.28. The Morgan fingerprint density at radius 3 is 2.48 bits per heavy atom. The Balaban J connectivity index is 1.80. The normalized spacial score (nSPS) is 10.2. The molecule has 0 atom stereocenters. The van der Waals surface area contributed by atoms with Crippen molar-refractivity contribution in [1.82, 2.24) is 5.32 Å². The number of hydrogen-bond acceptors (Lipinski definition) is 4. The van der Waals surface area contributed by atoms with Gasteiger partial charge in [0.15, 0.2) is 0 Å². The molecule has 146 valence electrons. The van der Waals surface area contributed by atoms with Gasteiger partial charge in [-0.15, -0.1) is 0 Å². The Morgan fingerprint density at radius 1 is 1.07 bits per heavy atom. The van der Waals surface area contributed by atoms with Crippen LogP contribution in [0.1, 0.15) is 19.4 Å². The average molecular weight is 371 g/mol. The van der Waals surface area contributed by atoms with Crippen molar-refractivity contribution in [3.05, 3.63) is 48.0 Å². The standard InChI is InChI=1S/C21H29N3O3/c1-5-24(6-2)17-10-11-20(16(3)14-17)23-21(25)22-12-13-27-19-9-7-8-18(15-19)26-4/h7-11,14-15H,5-6,12-13H2,1-4H3,(H2,22,23,25). The molecule has 2 aromatic rings. The number of anilines is 2. The van der Waals surface area contributed by atoms with E-state index < -0.39 is 0 Å². The third kappa shape index (κ3) is 6.09. The van der Waals surface area contributed by atoms with Crippen LogP contribution in [-0.2, 0) is 0 Å². The van der Waals surface area contributed by atoms with Crippen LogP contribution in [0.3, 0.4) is 0 Å². The van der Waals surface area contributed by atoms with E-state index in [1.54, 1.807) is 13.2 Å². The number of ether oxygens (including phenoxy) is 2. The zero-order valence-electron chi connectivity index (χ0n) is 16.5. The lowest BCUT2D eigenvalue weighted by atomic mass is 10.1. The minimum absolute atomic E-state index is 0.247. The fraction of sp³-hybridized carbons (Fsp3) is 0.381. The van der Waals surface area contributed by atoms with Gasteiger partial charge in [0.05, 0.1) is 13.7 Å². The minimum atomic E-state index is -0.247. The van der Waals surface area contributed by atoms with Gasteiger partial charge in [-0.25, -0.2) is 4.79 Å². The molecule has 27 heavy (non-hydrogen) atoms. The highest BCUT2D eigenvalue weighted by atomic mass is 16.5. The fourth-order valence-corrected chi connectivity index (χ4v) is 2.76. The maximum absolute atomic E-state index is 12.1. The topological polar surface area (TPSA) is 62.8 Å². The van der Waals surface area contributed by atoms with Crippen molar-refractivity contribution in [2.45, 2.75) is 20.8 Å². The van der Waals surface area contributed by atoms with E-state index in [0.717, 1.165) is 35.8 Å². The molecule has 2 aromatic carbocycles. The summed E-state index contributed by atoms with van der Waals surface area (Å²) < 4.78 is 10.8. The first kappa shape index (κ1) is 20.4. The highest BCUT2D eigenvalue weighted by Crippen LogP contribution is 2.22. The van der Waals surface area contributed by atoms with Crippen molar-refractivity contribution < 1.29 is 14.3 Å². The van der Waals surface area contributed by atoms with Crippen LogP contribution >= 0.6 is 0 Å². The Hall–Kier alpha value is -2.89. The van der Waals surface area contributed by atoms with Gasteiger partial charge in [-0.3, -0.25) is 0 Å². The second kappa shape index (κ2) is 10.3. The van der Waals surface area contributed by atoms with E-state index >= 15 is 0 Å². The maximum Gasteiger partial charge on any atom is 0.319 e. The fourth-order valence-electron chi connectivity index (χ4n) is 2.76. The molecular formula is C21H29N3O3. The zero-order valence-corrected chi connectivity index (χ0v) is 16.5. The number of hydrogen-bond donors (Lipinski definition) is 2. The summed E-state index contributed by atoms with van der Waals surface area (Å²) in [4.78, 5) is 14.4. The van der Waals surface area contributed by atoms with Gasteiger partial charge in [0.25, 0.3) is 0 Å². The number of benzene rings is 2. The summed E-state index contributed by atoms with van der Waals surface area (Å²) in [6.45, 7) is 8.94. The first-order valence-corrected chi connectivity index (χ1v) is 9.24. The van der Waals surface area contributed by atoms with Gasteiger partial charge in [-0.05, 0) is 56.7 Å². The van der Waals surface area contributed by atoms with Crippen molar-refractivity contribution in [2.24, 2.45) is 0 Å². The first-order chi connectivity index (χ1) is 13.1. The largest absolute Gasteiger partial charge is 0.497 e. The van der Waals surface area contributed by atoms with Crippen molar-refractivity contribution >= 4 is 17.4 Å². The van der Waals surface area contributed by atoms with Crippen molar-refractivity contribution in [3.8, 4) is 11.5 Å². The van der Waals surface area contributed by atoms with E-state index in [2.05, 4.69) is 35.4 Å². The van der Waals surface area contributed by atoms with Crippen molar-refractivity contribution in [3.63, 3.8) is 0 Å². The number of methoxy groups -OCH3 is 1. The molecule has 2 rings (SSSR count). The molecule has 0 heterocycles. The van der Waals surface area contributed by atoms with E-state index in [9.17, 15) is 4.79 Å². The van der Waals surface area contributed by atoms with Crippen LogP contribution in [0, 0.1) is 6.92 Å². The summed E-state index contributed by atoms with van der Waals surface area (Å²) in [7, 11) is 1.61. The van der Waals surface area contributed by atoms with Crippen molar-refractivity contribution in [2.75, 3.05) is 43.6 Å². The third-order valence-corrected chi connectivity index (χ3v) is 4.28. The number of aryl methyl sites for hydroxylation is 1. The van der Waals surface area contributed by atoms with Crippen LogP contribution in [0.2, 0.25) is 0 Å². The van der Waals surface area contributed by atoms with Crippen LogP contribution in [0.25, 0.3) is 0 Å². The van der Waals surface area contributed by atoms with Gasteiger partial charge in [0, 0.05) is 30.5 Å². The molecule has 2 amide bonds. The van der Waals surface area contributed by atoms with Crippen LogP contribution in [0.5, 0.6) is 11.5 Å². The Morgan fingerprint density at radius 2 is 1.81 bits per heavy atom. The average Bonchev–Trinajstić information content (AvgIpc) is 2.68. The molecule has 0 fully saturated rings. The first-order valence-electron chi connectivity index (χ1n) is 9.24. The van der Waals surface area contributed by atoms with Gasteiger partial charge < -0.3 is 25.0 Å². The summed E-state index contributed by atoms with van der Waals surface area (Å²) in [5.74, 6) is 1.45. The number of carbonyl (C=O) groups is 1. The molecule has 6 heteroatoms. The van der Waals surface area contributed by atoms with Crippen LogP contribution in [0.15, 0.2) is 42.5 Å². The Kier molecular flexibility index (Phi) is 7.79. The quantitative estimate of drug-likeness (QED) is 0.653. The van der Waals surface area contributed by atoms with Gasteiger partial charge in [-0.2, -0.15) is 0 Å². The highest BCUT2D eigenvalue weighted by molar-refractivity contribution is 5.90. The second-order valence-electron chi connectivity index (χ2n) is 6.08.